The second-order valence-corrected chi connectivity index (χ2v) is 8.22. The molecule has 9 nitrogen and oxygen atoms in total. The molecule has 1 saturated carbocycles. The van der Waals surface area contributed by atoms with Crippen LogP contribution < -0.4 is 15.4 Å². The Morgan fingerprint density at radius 3 is 2.52 bits per heavy atom. The molecule has 27 heavy (non-hydrogen) atoms. The number of rotatable bonds is 6. The van der Waals surface area contributed by atoms with Gasteiger partial charge in [-0.2, -0.15) is 0 Å². The van der Waals surface area contributed by atoms with Crippen LogP contribution in [0.5, 0.6) is 0 Å². The van der Waals surface area contributed by atoms with Gasteiger partial charge in [-0.3, -0.25) is 10.1 Å². The van der Waals surface area contributed by atoms with Crippen LogP contribution in [0.1, 0.15) is 36.0 Å². The van der Waals surface area contributed by atoms with E-state index < -0.39 is 34.5 Å². The van der Waals surface area contributed by atoms with E-state index in [1.54, 1.807) is 0 Å². The fraction of sp³-hybridized carbons (Fsp3) is 0.438. The van der Waals surface area contributed by atoms with E-state index in [4.69, 9.17) is 16.3 Å². The normalized spacial score (nSPS) is 14.6. The molecule has 0 bridgehead atoms. The molecule has 0 heterocycles. The van der Waals surface area contributed by atoms with Crippen molar-refractivity contribution in [3.63, 3.8) is 0 Å². The van der Waals surface area contributed by atoms with E-state index in [1.807, 2.05) is 0 Å². The standard InChI is InChI=1S/C16H20ClN3O6S/c1-18-27(24,25)11-6-7-13(17)12(8-11)15(22)26-9-14(21)20-16(23)19-10-4-2-3-5-10/h6-8,10,18H,2-5,9H2,1H3,(H2,19,20,21,23). The number of halogens is 1. The Bertz CT molecular complexity index is 837. The van der Waals surface area contributed by atoms with Crippen LogP contribution in [0.4, 0.5) is 4.79 Å². The second kappa shape index (κ2) is 9.16. The first-order chi connectivity index (χ1) is 12.7. The molecule has 0 aromatic heterocycles. The highest BCUT2D eigenvalue weighted by molar-refractivity contribution is 7.89. The van der Waals surface area contributed by atoms with Crippen molar-refractivity contribution >= 4 is 39.5 Å². The third-order valence-corrected chi connectivity index (χ3v) is 5.76. The zero-order valence-corrected chi connectivity index (χ0v) is 16.2. The van der Waals surface area contributed by atoms with Crippen molar-refractivity contribution in [3.05, 3.63) is 28.8 Å². The molecule has 3 amide bonds. The van der Waals surface area contributed by atoms with Gasteiger partial charge in [-0.15, -0.1) is 0 Å². The van der Waals surface area contributed by atoms with Gasteiger partial charge in [0.2, 0.25) is 10.0 Å². The Morgan fingerprint density at radius 2 is 1.89 bits per heavy atom. The molecule has 1 aromatic carbocycles. The number of esters is 1. The summed E-state index contributed by atoms with van der Waals surface area (Å²) in [5, 5.41) is 4.70. The van der Waals surface area contributed by atoms with Gasteiger partial charge in [0.15, 0.2) is 6.61 Å². The average molecular weight is 418 g/mol. The first-order valence-corrected chi connectivity index (χ1v) is 10.1. The number of imide groups is 1. The van der Waals surface area contributed by atoms with Crippen LogP contribution in [0.3, 0.4) is 0 Å². The monoisotopic (exact) mass is 417 g/mol. The van der Waals surface area contributed by atoms with E-state index in [1.165, 1.54) is 19.2 Å². The first kappa shape index (κ1) is 21.1. The molecular weight excluding hydrogens is 398 g/mol. The van der Waals surface area contributed by atoms with Gasteiger partial charge in [-0.1, -0.05) is 24.4 Å². The molecule has 3 N–H and O–H groups in total. The Hall–Kier alpha value is -2.17. The topological polar surface area (TPSA) is 131 Å². The van der Waals surface area contributed by atoms with Crippen LogP contribution in [0.2, 0.25) is 5.02 Å². The van der Waals surface area contributed by atoms with Gasteiger partial charge in [0.25, 0.3) is 5.91 Å². The summed E-state index contributed by atoms with van der Waals surface area (Å²) < 4.78 is 30.5. The lowest BCUT2D eigenvalue weighted by Crippen LogP contribution is -2.45. The second-order valence-electron chi connectivity index (χ2n) is 5.93. The number of urea groups is 1. The van der Waals surface area contributed by atoms with Crippen molar-refractivity contribution in [1.29, 1.82) is 0 Å². The predicted molar refractivity (Wildman–Crippen MR) is 96.9 cm³/mol. The van der Waals surface area contributed by atoms with Crippen LogP contribution in [0.15, 0.2) is 23.1 Å². The van der Waals surface area contributed by atoms with Crippen molar-refractivity contribution in [3.8, 4) is 0 Å². The van der Waals surface area contributed by atoms with Crippen LogP contribution in [-0.4, -0.2) is 46.0 Å². The van der Waals surface area contributed by atoms with E-state index in [9.17, 15) is 22.8 Å². The summed E-state index contributed by atoms with van der Waals surface area (Å²) in [5.74, 6) is -1.80. The van der Waals surface area contributed by atoms with Gasteiger partial charge in [0, 0.05) is 6.04 Å². The zero-order valence-electron chi connectivity index (χ0n) is 14.6. The number of nitrogens with one attached hydrogen (secondary N) is 3. The van der Waals surface area contributed by atoms with Crippen LogP contribution in [0.25, 0.3) is 0 Å². The van der Waals surface area contributed by atoms with E-state index in [-0.39, 0.29) is 21.5 Å². The minimum atomic E-state index is -3.78. The number of benzene rings is 1. The quantitative estimate of drug-likeness (QED) is 0.595. The molecular formula is C16H20ClN3O6S. The highest BCUT2D eigenvalue weighted by Gasteiger charge is 2.21. The molecule has 0 saturated heterocycles. The van der Waals surface area contributed by atoms with Gasteiger partial charge in [0.05, 0.1) is 15.5 Å². The Kier molecular flexibility index (Phi) is 7.17. The van der Waals surface area contributed by atoms with Crippen molar-refractivity contribution in [1.82, 2.24) is 15.4 Å². The maximum absolute atomic E-state index is 12.1. The lowest BCUT2D eigenvalue weighted by atomic mass is 10.2. The van der Waals surface area contributed by atoms with E-state index in [0.29, 0.717) is 0 Å². The average Bonchev–Trinajstić information content (AvgIpc) is 3.12. The van der Waals surface area contributed by atoms with Crippen molar-refractivity contribution in [2.24, 2.45) is 0 Å². The zero-order chi connectivity index (χ0) is 20.0. The number of amides is 3. The number of carbonyl (C=O) groups is 3. The molecule has 1 aromatic rings. The summed E-state index contributed by atoms with van der Waals surface area (Å²) in [5.41, 5.74) is -0.212. The number of carbonyl (C=O) groups excluding carboxylic acids is 3. The molecule has 1 aliphatic rings. The minimum Gasteiger partial charge on any atom is -0.452 e. The highest BCUT2D eigenvalue weighted by Crippen LogP contribution is 2.21. The summed E-state index contributed by atoms with van der Waals surface area (Å²) in [6.07, 6.45) is 3.78. The summed E-state index contributed by atoms with van der Waals surface area (Å²) in [6.45, 7) is -0.712. The third kappa shape index (κ3) is 5.91. The molecule has 148 valence electrons. The lowest BCUT2D eigenvalue weighted by molar-refractivity contribution is -0.123. The molecule has 1 fully saturated rings. The maximum atomic E-state index is 12.1. The van der Waals surface area contributed by atoms with Gasteiger partial charge in [-0.25, -0.2) is 22.7 Å². The van der Waals surface area contributed by atoms with E-state index >= 15 is 0 Å². The number of ether oxygens (including phenoxy) is 1. The molecule has 0 radical (unpaired) electrons. The molecule has 0 atom stereocenters. The van der Waals surface area contributed by atoms with E-state index in [0.717, 1.165) is 31.7 Å². The fourth-order valence-corrected chi connectivity index (χ4v) is 3.56. The number of hydrogen-bond acceptors (Lipinski definition) is 6. The fourth-order valence-electron chi connectivity index (χ4n) is 2.61. The molecule has 1 aliphatic carbocycles. The van der Waals surface area contributed by atoms with Crippen LogP contribution in [0, 0.1) is 0 Å². The highest BCUT2D eigenvalue weighted by atomic mass is 35.5. The summed E-state index contributed by atoms with van der Waals surface area (Å²) in [7, 11) is -2.55. The lowest BCUT2D eigenvalue weighted by Gasteiger charge is -2.12. The largest absolute Gasteiger partial charge is 0.452 e. The van der Waals surface area contributed by atoms with Gasteiger partial charge in [0.1, 0.15) is 0 Å². The Balaban J connectivity index is 1.92. The third-order valence-electron chi connectivity index (χ3n) is 4.01. The molecule has 0 unspecified atom stereocenters. The number of sulfonamides is 1. The van der Waals surface area contributed by atoms with Crippen molar-refractivity contribution in [2.45, 2.75) is 36.6 Å². The van der Waals surface area contributed by atoms with Gasteiger partial charge < -0.3 is 10.1 Å². The summed E-state index contributed by atoms with van der Waals surface area (Å²) in [6, 6.07) is 2.89. The SMILES string of the molecule is CNS(=O)(=O)c1ccc(Cl)c(C(=O)OCC(=O)NC(=O)NC2CCCC2)c1. The van der Waals surface area contributed by atoms with Crippen molar-refractivity contribution in [2.75, 3.05) is 13.7 Å². The first-order valence-electron chi connectivity index (χ1n) is 8.23. The van der Waals surface area contributed by atoms with Gasteiger partial charge in [-0.05, 0) is 38.1 Å². The molecule has 2 rings (SSSR count). The minimum absolute atomic E-state index is 0.0329. The summed E-state index contributed by atoms with van der Waals surface area (Å²) >= 11 is 5.90. The van der Waals surface area contributed by atoms with Crippen molar-refractivity contribution < 1.29 is 27.5 Å². The summed E-state index contributed by atoms with van der Waals surface area (Å²) in [4.78, 5) is 35.3. The van der Waals surface area contributed by atoms with Gasteiger partial charge >= 0.3 is 12.0 Å². The Labute approximate surface area is 161 Å². The van der Waals surface area contributed by atoms with Crippen LogP contribution >= 0.6 is 11.6 Å². The number of hydrogen-bond donors (Lipinski definition) is 3. The smallest absolute Gasteiger partial charge is 0.340 e. The van der Waals surface area contributed by atoms with Crippen LogP contribution in [-0.2, 0) is 19.6 Å². The Morgan fingerprint density at radius 1 is 1.22 bits per heavy atom. The molecule has 11 heteroatoms. The predicted octanol–water partition coefficient (Wildman–Crippen LogP) is 1.17. The van der Waals surface area contributed by atoms with E-state index in [2.05, 4.69) is 15.4 Å². The molecule has 0 spiro atoms. The maximum Gasteiger partial charge on any atom is 0.340 e. The molecule has 0 aliphatic heterocycles.